The lowest BCUT2D eigenvalue weighted by molar-refractivity contribution is -0.129. The number of unbranched alkanes of at least 4 members (excludes halogenated alkanes) is 1. The minimum Gasteiger partial charge on any atom is -0.490 e. The van der Waals surface area contributed by atoms with Crippen LogP contribution in [0.3, 0.4) is 0 Å². The predicted molar refractivity (Wildman–Crippen MR) is 136 cm³/mol. The highest BCUT2D eigenvalue weighted by atomic mass is 127. The van der Waals surface area contributed by atoms with E-state index in [-0.39, 0.29) is 11.6 Å². The molecule has 0 aliphatic carbocycles. The Labute approximate surface area is 208 Å². The largest absolute Gasteiger partial charge is 0.490 e. The van der Waals surface area contributed by atoms with Crippen molar-refractivity contribution >= 4 is 74.7 Å². The molecule has 1 aliphatic heterocycles. The summed E-state index contributed by atoms with van der Waals surface area (Å²) in [5.41, 5.74) is 1.57. The van der Waals surface area contributed by atoms with Gasteiger partial charge in [0, 0.05) is 3.57 Å². The highest BCUT2D eigenvalue weighted by Crippen LogP contribution is 2.35. The van der Waals surface area contributed by atoms with E-state index in [2.05, 4.69) is 57.1 Å². The summed E-state index contributed by atoms with van der Waals surface area (Å²) in [6.07, 6.45) is 3.70. The van der Waals surface area contributed by atoms with Crippen LogP contribution in [-0.4, -0.2) is 25.1 Å². The van der Waals surface area contributed by atoms with Gasteiger partial charge in [-0.1, -0.05) is 24.9 Å². The molecule has 1 aliphatic rings. The maximum atomic E-state index is 12.4. The monoisotopic (exact) mass is 651 g/mol. The summed E-state index contributed by atoms with van der Waals surface area (Å²) in [6, 6.07) is 9.23. The van der Waals surface area contributed by atoms with Crippen LogP contribution >= 0.6 is 56.8 Å². The van der Waals surface area contributed by atoms with Crippen molar-refractivity contribution in [1.82, 2.24) is 0 Å². The van der Waals surface area contributed by atoms with E-state index in [0.29, 0.717) is 29.5 Å². The first kappa shape index (κ1) is 23.3. The second-order valence-electron chi connectivity index (χ2n) is 6.43. The molecule has 0 radical (unpaired) electrons. The number of halogens is 3. The molecule has 0 bridgehead atoms. The zero-order valence-electron chi connectivity index (χ0n) is 16.5. The second kappa shape index (κ2) is 10.8. The van der Waals surface area contributed by atoms with E-state index in [4.69, 9.17) is 25.8 Å². The Balaban J connectivity index is 1.94. The first-order valence-electron chi connectivity index (χ1n) is 9.50. The van der Waals surface area contributed by atoms with Crippen LogP contribution in [0.5, 0.6) is 11.5 Å². The molecule has 0 unspecified atom stereocenters. The van der Waals surface area contributed by atoms with Gasteiger partial charge >= 0.3 is 5.97 Å². The molecule has 0 saturated heterocycles. The molecule has 3 rings (SSSR count). The smallest absolute Gasteiger partial charge is 0.363 e. The summed E-state index contributed by atoms with van der Waals surface area (Å²) in [5, 5.41) is 0.477. The van der Waals surface area contributed by atoms with E-state index >= 15 is 0 Å². The van der Waals surface area contributed by atoms with Crippen LogP contribution in [0.4, 0.5) is 0 Å². The SMILES string of the molecule is CCCCOc1c(I)cc(/C=C2\N=C(c3cc(I)ccc3Cl)OC2=O)cc1OCC. The van der Waals surface area contributed by atoms with Gasteiger partial charge in [-0.3, -0.25) is 0 Å². The number of benzene rings is 2. The van der Waals surface area contributed by atoms with Crippen LogP contribution in [0.25, 0.3) is 6.08 Å². The summed E-state index contributed by atoms with van der Waals surface area (Å²) in [5.74, 6) is 1.05. The fraction of sp³-hybridized carbons (Fsp3) is 0.273. The van der Waals surface area contributed by atoms with Crippen molar-refractivity contribution in [3.63, 3.8) is 0 Å². The van der Waals surface area contributed by atoms with Crippen molar-refractivity contribution in [2.75, 3.05) is 13.2 Å². The van der Waals surface area contributed by atoms with Gasteiger partial charge in [0.05, 0.1) is 27.4 Å². The van der Waals surface area contributed by atoms with Gasteiger partial charge in [-0.15, -0.1) is 0 Å². The summed E-state index contributed by atoms with van der Waals surface area (Å²) < 4.78 is 18.9. The number of hydrogen-bond donors (Lipinski definition) is 0. The maximum Gasteiger partial charge on any atom is 0.363 e. The molecule has 1 heterocycles. The van der Waals surface area contributed by atoms with E-state index in [9.17, 15) is 4.79 Å². The van der Waals surface area contributed by atoms with Crippen molar-refractivity contribution in [2.24, 2.45) is 4.99 Å². The third kappa shape index (κ3) is 5.67. The van der Waals surface area contributed by atoms with Crippen molar-refractivity contribution < 1.29 is 19.0 Å². The Morgan fingerprint density at radius 3 is 2.70 bits per heavy atom. The van der Waals surface area contributed by atoms with Crippen LogP contribution in [-0.2, 0) is 9.53 Å². The van der Waals surface area contributed by atoms with E-state index in [1.165, 1.54) is 0 Å². The molecular formula is C22H20ClI2NO4. The highest BCUT2D eigenvalue weighted by molar-refractivity contribution is 14.1. The van der Waals surface area contributed by atoms with Crippen LogP contribution < -0.4 is 9.47 Å². The number of nitrogens with zero attached hydrogens (tertiary/aromatic N) is 1. The normalized spacial score (nSPS) is 14.6. The lowest BCUT2D eigenvalue weighted by Gasteiger charge is -2.14. The number of carbonyl (C=O) groups is 1. The molecule has 0 aromatic heterocycles. The van der Waals surface area contributed by atoms with E-state index < -0.39 is 5.97 Å². The second-order valence-corrected chi connectivity index (χ2v) is 9.24. The molecule has 2 aromatic carbocycles. The number of ether oxygens (including phenoxy) is 3. The molecule has 0 spiro atoms. The van der Waals surface area contributed by atoms with E-state index in [0.717, 1.165) is 31.3 Å². The summed E-state index contributed by atoms with van der Waals surface area (Å²) in [4.78, 5) is 16.8. The summed E-state index contributed by atoms with van der Waals surface area (Å²) >= 11 is 10.6. The molecule has 0 fully saturated rings. The van der Waals surface area contributed by atoms with Crippen molar-refractivity contribution in [1.29, 1.82) is 0 Å². The van der Waals surface area contributed by atoms with Crippen molar-refractivity contribution in [3.05, 3.63) is 59.3 Å². The number of aliphatic imine (C=N–C) groups is 1. The zero-order chi connectivity index (χ0) is 21.7. The first-order valence-corrected chi connectivity index (χ1v) is 12.0. The summed E-state index contributed by atoms with van der Waals surface area (Å²) in [6.45, 7) is 5.18. The fourth-order valence-corrected chi connectivity index (χ4v) is 4.21. The molecule has 158 valence electrons. The number of cyclic esters (lactones) is 1. The number of hydrogen-bond acceptors (Lipinski definition) is 5. The maximum absolute atomic E-state index is 12.4. The van der Waals surface area contributed by atoms with Gasteiger partial charge in [-0.25, -0.2) is 9.79 Å². The van der Waals surface area contributed by atoms with Crippen LogP contribution in [0.1, 0.15) is 37.8 Å². The third-order valence-corrected chi connectivity index (χ3v) is 5.96. The van der Waals surface area contributed by atoms with Crippen LogP contribution in [0, 0.1) is 7.14 Å². The van der Waals surface area contributed by atoms with Gasteiger partial charge in [-0.05, 0) is 100 Å². The number of esters is 1. The average molecular weight is 652 g/mol. The number of rotatable bonds is 8. The topological polar surface area (TPSA) is 57.1 Å². The fourth-order valence-electron chi connectivity index (χ4n) is 2.74. The Bertz CT molecular complexity index is 1020. The minimum absolute atomic E-state index is 0.203. The van der Waals surface area contributed by atoms with Gasteiger partial charge in [-0.2, -0.15) is 0 Å². The van der Waals surface area contributed by atoms with E-state index in [1.54, 1.807) is 12.1 Å². The molecule has 8 heteroatoms. The van der Waals surface area contributed by atoms with Crippen molar-refractivity contribution in [3.8, 4) is 11.5 Å². The molecule has 2 aromatic rings. The molecule has 0 N–H and O–H groups in total. The molecule has 5 nitrogen and oxygen atoms in total. The quantitative estimate of drug-likeness (QED) is 0.142. The molecule has 0 atom stereocenters. The molecule has 30 heavy (non-hydrogen) atoms. The molecule has 0 saturated carbocycles. The number of carbonyl (C=O) groups excluding carboxylic acids is 1. The van der Waals surface area contributed by atoms with Gasteiger partial charge in [0.15, 0.2) is 17.2 Å². The Kier molecular flexibility index (Phi) is 8.41. The molecular weight excluding hydrogens is 632 g/mol. The standard InChI is InChI=1S/C22H20ClI2NO4/c1-3-5-8-29-20-17(25)9-13(11-19(20)28-4-2)10-18-22(27)30-21(26-18)15-12-14(24)6-7-16(15)23/h6-7,9-12H,3-5,8H2,1-2H3/b18-10-. The van der Waals surface area contributed by atoms with Crippen molar-refractivity contribution in [2.45, 2.75) is 26.7 Å². The van der Waals surface area contributed by atoms with Crippen LogP contribution in [0.2, 0.25) is 5.02 Å². The Morgan fingerprint density at radius 1 is 1.17 bits per heavy atom. The van der Waals surface area contributed by atoms with Gasteiger partial charge in [0.2, 0.25) is 5.90 Å². The lowest BCUT2D eigenvalue weighted by Crippen LogP contribution is -2.06. The predicted octanol–water partition coefficient (Wildman–Crippen LogP) is 6.47. The third-order valence-electron chi connectivity index (χ3n) is 4.16. The highest BCUT2D eigenvalue weighted by Gasteiger charge is 2.26. The molecule has 0 amide bonds. The van der Waals surface area contributed by atoms with Gasteiger partial charge in [0.25, 0.3) is 0 Å². The zero-order valence-corrected chi connectivity index (χ0v) is 21.6. The van der Waals surface area contributed by atoms with E-state index in [1.807, 2.05) is 31.2 Å². The first-order chi connectivity index (χ1) is 14.4. The average Bonchev–Trinajstić information content (AvgIpc) is 3.06. The van der Waals surface area contributed by atoms with Gasteiger partial charge < -0.3 is 14.2 Å². The minimum atomic E-state index is -0.517. The lowest BCUT2D eigenvalue weighted by atomic mass is 10.1. The van der Waals surface area contributed by atoms with Crippen LogP contribution in [0.15, 0.2) is 41.0 Å². The Hall–Kier alpha value is -1.33. The summed E-state index contributed by atoms with van der Waals surface area (Å²) in [7, 11) is 0. The Morgan fingerprint density at radius 2 is 1.97 bits per heavy atom. The van der Waals surface area contributed by atoms with Gasteiger partial charge in [0.1, 0.15) is 0 Å².